The van der Waals surface area contributed by atoms with Gasteiger partial charge in [-0.2, -0.15) is 0 Å². The molecule has 0 aliphatic carbocycles. The summed E-state index contributed by atoms with van der Waals surface area (Å²) in [5, 5.41) is 18.0. The van der Waals surface area contributed by atoms with E-state index >= 15 is 0 Å². The molecule has 0 aromatic heterocycles. The van der Waals surface area contributed by atoms with Crippen molar-refractivity contribution in [1.29, 1.82) is 0 Å². The van der Waals surface area contributed by atoms with E-state index < -0.39 is 18.4 Å². The van der Waals surface area contributed by atoms with Crippen LogP contribution >= 0.6 is 0 Å². The molecule has 0 aromatic rings. The van der Waals surface area contributed by atoms with E-state index in [1.165, 1.54) is 0 Å². The lowest BCUT2D eigenvalue weighted by molar-refractivity contribution is 0.0877. The molecule has 5 heteroatoms. The number of hydrogen-bond acceptors (Lipinski definition) is 3. The van der Waals surface area contributed by atoms with Crippen molar-refractivity contribution < 1.29 is 15.0 Å². The van der Waals surface area contributed by atoms with Gasteiger partial charge in [-0.1, -0.05) is 0 Å². The lowest BCUT2D eigenvalue weighted by atomic mass is 10.2. The van der Waals surface area contributed by atoms with Crippen LogP contribution in [0.1, 0.15) is 19.3 Å². The van der Waals surface area contributed by atoms with Gasteiger partial charge in [0.15, 0.2) is 0 Å². The predicted molar refractivity (Wildman–Crippen MR) is 42.6 cm³/mol. The molecule has 2 unspecified atom stereocenters. The second-order valence-corrected chi connectivity index (χ2v) is 3.09. The first kappa shape index (κ1) is 9.28. The third-order valence-corrected chi connectivity index (χ3v) is 2.09. The third-order valence-electron chi connectivity index (χ3n) is 2.09. The molecule has 1 amide bonds. The average molecular weight is 174 g/mol. The van der Waals surface area contributed by atoms with Gasteiger partial charge in [-0.25, -0.2) is 4.79 Å². The molecule has 0 saturated carbocycles. The van der Waals surface area contributed by atoms with Gasteiger partial charge in [-0.15, -0.1) is 0 Å². The Morgan fingerprint density at radius 2 is 2.17 bits per heavy atom. The number of hydrogen-bond donors (Lipinski definition) is 3. The van der Waals surface area contributed by atoms with Crippen molar-refractivity contribution >= 4 is 6.09 Å². The lowest BCUT2D eigenvalue weighted by Gasteiger charge is -2.24. The first-order chi connectivity index (χ1) is 5.61. The molecule has 1 rings (SSSR count). The summed E-state index contributed by atoms with van der Waals surface area (Å²) >= 11 is 0. The van der Waals surface area contributed by atoms with Crippen LogP contribution in [0.4, 0.5) is 4.79 Å². The van der Waals surface area contributed by atoms with E-state index in [0.717, 1.165) is 11.3 Å². The fourth-order valence-corrected chi connectivity index (χ4v) is 1.39. The Labute approximate surface area is 70.8 Å². The van der Waals surface area contributed by atoms with Crippen molar-refractivity contribution in [3.05, 3.63) is 0 Å². The van der Waals surface area contributed by atoms with Crippen molar-refractivity contribution in [1.82, 2.24) is 4.90 Å². The monoisotopic (exact) mass is 174 g/mol. The summed E-state index contributed by atoms with van der Waals surface area (Å²) < 4.78 is 0. The van der Waals surface area contributed by atoms with Crippen LogP contribution in [-0.2, 0) is 0 Å². The van der Waals surface area contributed by atoms with E-state index in [4.69, 9.17) is 10.8 Å². The van der Waals surface area contributed by atoms with Crippen LogP contribution < -0.4 is 5.73 Å². The van der Waals surface area contributed by atoms with E-state index in [1.807, 2.05) is 0 Å². The zero-order chi connectivity index (χ0) is 9.14. The van der Waals surface area contributed by atoms with Crippen LogP contribution in [0.2, 0.25) is 0 Å². The Morgan fingerprint density at radius 3 is 2.75 bits per heavy atom. The number of carbonyl (C=O) groups is 1. The Morgan fingerprint density at radius 1 is 1.50 bits per heavy atom. The third kappa shape index (κ3) is 2.09. The molecule has 0 spiro atoms. The zero-order valence-corrected chi connectivity index (χ0v) is 6.81. The number of aliphatic hydroxyl groups excluding tert-OH is 1. The standard InChI is InChI=1S/C7H14N2O3/c8-6-3-1-2-5(10)4-9(6)7(11)12/h5-6,10H,1-4,8H2,(H,11,12). The first-order valence-corrected chi connectivity index (χ1v) is 4.04. The lowest BCUT2D eigenvalue weighted by Crippen LogP contribution is -2.46. The molecule has 12 heavy (non-hydrogen) atoms. The van der Waals surface area contributed by atoms with Gasteiger partial charge in [-0.3, -0.25) is 4.90 Å². The molecule has 0 bridgehead atoms. The fraction of sp³-hybridized carbons (Fsp3) is 0.857. The first-order valence-electron chi connectivity index (χ1n) is 4.04. The van der Waals surface area contributed by atoms with Gasteiger partial charge >= 0.3 is 6.09 Å². The molecule has 1 heterocycles. The summed E-state index contributed by atoms with van der Waals surface area (Å²) in [7, 11) is 0. The van der Waals surface area contributed by atoms with E-state index in [1.54, 1.807) is 0 Å². The van der Waals surface area contributed by atoms with Crippen molar-refractivity contribution in [2.75, 3.05) is 6.54 Å². The maximum Gasteiger partial charge on any atom is 0.408 e. The number of likely N-dealkylation sites (tertiary alicyclic amines) is 1. The number of rotatable bonds is 0. The summed E-state index contributed by atoms with van der Waals surface area (Å²) in [4.78, 5) is 11.7. The fourth-order valence-electron chi connectivity index (χ4n) is 1.39. The van der Waals surface area contributed by atoms with Gasteiger partial charge in [-0.05, 0) is 19.3 Å². The Kier molecular flexibility index (Phi) is 2.88. The Balaban J connectivity index is 2.60. The maximum absolute atomic E-state index is 10.6. The molecule has 5 nitrogen and oxygen atoms in total. The number of aliphatic hydroxyl groups is 1. The SMILES string of the molecule is NC1CCCC(O)CN1C(=O)O. The molecule has 1 aliphatic heterocycles. The quantitative estimate of drug-likeness (QED) is 0.474. The smallest absolute Gasteiger partial charge is 0.408 e. The predicted octanol–water partition coefficient (Wildman–Crippen LogP) is -0.204. The number of β-amino-alcohol motifs (C(OH)–C–C–N with tert-alkyl or cyclic N) is 1. The van der Waals surface area contributed by atoms with E-state index in [2.05, 4.69) is 0 Å². The maximum atomic E-state index is 10.6. The second kappa shape index (κ2) is 3.73. The minimum absolute atomic E-state index is 0.135. The van der Waals surface area contributed by atoms with Crippen LogP contribution in [0, 0.1) is 0 Å². The van der Waals surface area contributed by atoms with Crippen LogP contribution in [0.15, 0.2) is 0 Å². The minimum Gasteiger partial charge on any atom is -0.465 e. The molecular formula is C7H14N2O3. The summed E-state index contributed by atoms with van der Waals surface area (Å²) in [5.74, 6) is 0. The molecule has 1 saturated heterocycles. The highest BCUT2D eigenvalue weighted by atomic mass is 16.4. The number of carboxylic acid groups (broad SMARTS) is 1. The molecule has 4 N–H and O–H groups in total. The zero-order valence-electron chi connectivity index (χ0n) is 6.81. The molecule has 70 valence electrons. The van der Waals surface area contributed by atoms with Crippen molar-refractivity contribution in [3.63, 3.8) is 0 Å². The van der Waals surface area contributed by atoms with Crippen LogP contribution in [-0.4, -0.2) is 40.0 Å². The molecule has 0 radical (unpaired) electrons. The van der Waals surface area contributed by atoms with Crippen LogP contribution in [0.5, 0.6) is 0 Å². The normalized spacial score (nSPS) is 31.3. The van der Waals surface area contributed by atoms with Gasteiger partial charge in [0.05, 0.1) is 18.8 Å². The number of nitrogens with two attached hydrogens (primary N) is 1. The summed E-state index contributed by atoms with van der Waals surface area (Å²) in [6, 6.07) is 0. The Hall–Kier alpha value is -0.810. The van der Waals surface area contributed by atoms with E-state index in [-0.39, 0.29) is 6.54 Å². The van der Waals surface area contributed by atoms with Gasteiger partial charge in [0, 0.05) is 0 Å². The van der Waals surface area contributed by atoms with Crippen LogP contribution in [0.3, 0.4) is 0 Å². The second-order valence-electron chi connectivity index (χ2n) is 3.09. The topological polar surface area (TPSA) is 86.8 Å². The largest absolute Gasteiger partial charge is 0.465 e. The summed E-state index contributed by atoms with van der Waals surface area (Å²) in [6.45, 7) is 0.135. The number of amides is 1. The Bertz CT molecular complexity index is 174. The van der Waals surface area contributed by atoms with Gasteiger partial charge in [0.25, 0.3) is 0 Å². The van der Waals surface area contributed by atoms with E-state index in [9.17, 15) is 9.90 Å². The highest BCUT2D eigenvalue weighted by Crippen LogP contribution is 2.13. The molecular weight excluding hydrogens is 160 g/mol. The van der Waals surface area contributed by atoms with Gasteiger partial charge < -0.3 is 15.9 Å². The summed E-state index contributed by atoms with van der Waals surface area (Å²) in [6.07, 6.45) is -0.0230. The van der Waals surface area contributed by atoms with E-state index in [0.29, 0.717) is 12.8 Å². The molecule has 2 atom stereocenters. The highest BCUT2D eigenvalue weighted by Gasteiger charge is 2.25. The van der Waals surface area contributed by atoms with Crippen molar-refractivity contribution in [2.45, 2.75) is 31.5 Å². The minimum atomic E-state index is -1.05. The average Bonchev–Trinajstić information content (AvgIpc) is 2.13. The van der Waals surface area contributed by atoms with Crippen molar-refractivity contribution in [3.8, 4) is 0 Å². The van der Waals surface area contributed by atoms with Gasteiger partial charge in [0.1, 0.15) is 0 Å². The number of nitrogens with zero attached hydrogens (tertiary/aromatic N) is 1. The molecule has 0 aromatic carbocycles. The molecule has 1 fully saturated rings. The molecule has 1 aliphatic rings. The van der Waals surface area contributed by atoms with Gasteiger partial charge in [0.2, 0.25) is 0 Å². The van der Waals surface area contributed by atoms with Crippen LogP contribution in [0.25, 0.3) is 0 Å². The van der Waals surface area contributed by atoms with Crippen molar-refractivity contribution in [2.24, 2.45) is 5.73 Å². The summed E-state index contributed by atoms with van der Waals surface area (Å²) in [5.41, 5.74) is 5.58. The highest BCUT2D eigenvalue weighted by molar-refractivity contribution is 5.65.